The predicted molar refractivity (Wildman–Crippen MR) is 128 cm³/mol. The summed E-state index contributed by atoms with van der Waals surface area (Å²) in [5.41, 5.74) is 0.981. The molecule has 2 aromatic heterocycles. The summed E-state index contributed by atoms with van der Waals surface area (Å²) in [6.07, 6.45) is -2.79. The van der Waals surface area contributed by atoms with E-state index in [-0.39, 0.29) is 12.0 Å². The molecule has 0 spiro atoms. The molecule has 2 fully saturated rings. The number of hydrogen-bond acceptors (Lipinski definition) is 7. The molecule has 0 atom stereocenters. The average molecular weight is 487 g/mol. The Labute approximate surface area is 201 Å². The number of morpholine rings is 1. The third-order valence-electron chi connectivity index (χ3n) is 6.26. The molecule has 0 saturated carbocycles. The number of anilines is 2. The van der Waals surface area contributed by atoms with Gasteiger partial charge in [-0.05, 0) is 12.1 Å². The van der Waals surface area contributed by atoms with Gasteiger partial charge in [-0.1, -0.05) is 12.1 Å². The molecule has 2 aliphatic rings. The molecule has 3 aromatic rings. The van der Waals surface area contributed by atoms with Gasteiger partial charge in [-0.25, -0.2) is 18.6 Å². The number of ether oxygens (including phenoxy) is 1. The predicted octanol–water partition coefficient (Wildman–Crippen LogP) is 2.39. The van der Waals surface area contributed by atoms with Crippen LogP contribution in [0.4, 0.5) is 25.2 Å². The third kappa shape index (κ3) is 4.57. The maximum atomic E-state index is 14.0. The molecule has 4 heterocycles. The van der Waals surface area contributed by atoms with Crippen LogP contribution in [0.15, 0.2) is 30.3 Å². The summed E-state index contributed by atoms with van der Waals surface area (Å²) in [6, 6.07) is 8.84. The van der Waals surface area contributed by atoms with Crippen molar-refractivity contribution >= 4 is 28.7 Å². The van der Waals surface area contributed by atoms with Gasteiger partial charge in [0.15, 0.2) is 5.82 Å². The van der Waals surface area contributed by atoms with Crippen LogP contribution in [0.5, 0.6) is 0 Å². The highest BCUT2D eigenvalue weighted by Crippen LogP contribution is 2.29. The molecule has 2 amide bonds. The van der Waals surface area contributed by atoms with Gasteiger partial charge in [-0.15, -0.1) is 0 Å². The van der Waals surface area contributed by atoms with Crippen molar-refractivity contribution in [1.29, 1.82) is 0 Å². The Bertz CT molecular complexity index is 1200. The van der Waals surface area contributed by atoms with E-state index in [0.717, 1.165) is 0 Å². The van der Waals surface area contributed by atoms with Gasteiger partial charge < -0.3 is 24.3 Å². The largest absolute Gasteiger partial charge is 0.378 e. The van der Waals surface area contributed by atoms with Crippen molar-refractivity contribution in [3.8, 4) is 5.95 Å². The van der Waals surface area contributed by atoms with Crippen molar-refractivity contribution in [2.24, 2.45) is 0 Å². The number of piperazine rings is 1. The van der Waals surface area contributed by atoms with Crippen LogP contribution in [0, 0.1) is 0 Å². The second kappa shape index (κ2) is 9.61. The number of aromatic nitrogens is 4. The second-order valence-corrected chi connectivity index (χ2v) is 8.73. The van der Waals surface area contributed by atoms with Crippen LogP contribution in [0.3, 0.4) is 0 Å². The van der Waals surface area contributed by atoms with Crippen molar-refractivity contribution in [2.45, 2.75) is 6.43 Å². The number of para-hydroxylation sites is 2. The summed E-state index contributed by atoms with van der Waals surface area (Å²) < 4.78 is 34.9. The number of hydrogen-bond donors (Lipinski definition) is 0. The molecule has 186 valence electrons. The number of fused-ring (bicyclic) bond motifs is 1. The van der Waals surface area contributed by atoms with Crippen LogP contribution in [0.2, 0.25) is 0 Å². The molecule has 0 unspecified atom stereocenters. The third-order valence-corrected chi connectivity index (χ3v) is 6.26. The van der Waals surface area contributed by atoms with Crippen LogP contribution in [0.1, 0.15) is 12.2 Å². The lowest BCUT2D eigenvalue weighted by atomic mass is 10.3. The summed E-state index contributed by atoms with van der Waals surface area (Å²) in [7, 11) is 3.46. The first kappa shape index (κ1) is 23.2. The Hall–Kier alpha value is -3.54. The zero-order valence-corrected chi connectivity index (χ0v) is 19.8. The van der Waals surface area contributed by atoms with Crippen LogP contribution in [-0.2, 0) is 4.74 Å². The summed E-state index contributed by atoms with van der Waals surface area (Å²) in [5.74, 6) is 1.04. The molecule has 2 aliphatic heterocycles. The highest BCUT2D eigenvalue weighted by atomic mass is 19.3. The average Bonchev–Trinajstić information content (AvgIpc) is 3.29. The van der Waals surface area contributed by atoms with Crippen molar-refractivity contribution < 1.29 is 18.3 Å². The fraction of sp³-hybridized carbons (Fsp3) is 0.478. The van der Waals surface area contributed by atoms with E-state index in [9.17, 15) is 13.6 Å². The van der Waals surface area contributed by atoms with Crippen LogP contribution < -0.4 is 9.80 Å². The highest BCUT2D eigenvalue weighted by molar-refractivity contribution is 5.78. The molecular weight excluding hydrogens is 458 g/mol. The maximum absolute atomic E-state index is 14.0. The Balaban J connectivity index is 1.56. The lowest BCUT2D eigenvalue weighted by molar-refractivity contribution is 0.122. The topological polar surface area (TPSA) is 82.9 Å². The smallest absolute Gasteiger partial charge is 0.319 e. The number of benzene rings is 1. The molecule has 10 nitrogen and oxygen atoms in total. The van der Waals surface area contributed by atoms with E-state index in [1.54, 1.807) is 48.2 Å². The molecule has 5 rings (SSSR count). The molecule has 35 heavy (non-hydrogen) atoms. The minimum Gasteiger partial charge on any atom is -0.378 e. The molecule has 1 aromatic carbocycles. The number of carbonyl (C=O) groups excluding carboxylic acids is 1. The van der Waals surface area contributed by atoms with Gasteiger partial charge in [0.1, 0.15) is 11.6 Å². The molecule has 0 aliphatic carbocycles. The van der Waals surface area contributed by atoms with E-state index in [1.165, 1.54) is 4.57 Å². The first-order chi connectivity index (χ1) is 16.9. The van der Waals surface area contributed by atoms with Crippen LogP contribution in [-0.4, -0.2) is 102 Å². The summed E-state index contributed by atoms with van der Waals surface area (Å²) >= 11 is 0. The number of amides is 2. The van der Waals surface area contributed by atoms with Crippen molar-refractivity contribution in [3.05, 3.63) is 36.2 Å². The zero-order valence-electron chi connectivity index (χ0n) is 19.8. The van der Waals surface area contributed by atoms with Gasteiger partial charge in [0, 0.05) is 59.4 Å². The van der Waals surface area contributed by atoms with Gasteiger partial charge in [0.05, 0.1) is 24.2 Å². The fourth-order valence-electron chi connectivity index (χ4n) is 4.44. The Morgan fingerprint density at radius 1 is 0.943 bits per heavy atom. The minimum atomic E-state index is -2.79. The quantitative estimate of drug-likeness (QED) is 0.560. The van der Waals surface area contributed by atoms with E-state index in [2.05, 4.69) is 14.8 Å². The standard InChI is InChI=1S/C23H28F2N8O2/c1-29(2)23(34)32-9-7-30(8-10-32)18-15-19(31-11-13-35-14-12-31)28-22(27-18)33-17-6-4-3-5-16(17)26-21(33)20(24)25/h3-6,15,20H,7-14H2,1-2H3. The SMILES string of the molecule is CN(C)C(=O)N1CCN(c2cc(N3CCOCC3)nc(-n3c(C(F)F)nc4ccccc43)n2)CC1. The van der Waals surface area contributed by atoms with Crippen molar-refractivity contribution in [1.82, 2.24) is 29.3 Å². The maximum Gasteiger partial charge on any atom is 0.319 e. The van der Waals surface area contributed by atoms with E-state index < -0.39 is 12.2 Å². The van der Waals surface area contributed by atoms with Gasteiger partial charge in [0.2, 0.25) is 5.95 Å². The lowest BCUT2D eigenvalue weighted by Crippen LogP contribution is -2.51. The minimum absolute atomic E-state index is 0.0338. The van der Waals surface area contributed by atoms with Gasteiger partial charge in [-0.3, -0.25) is 4.57 Å². The molecule has 0 N–H and O–H groups in total. The summed E-state index contributed by atoms with van der Waals surface area (Å²) in [6.45, 7) is 4.66. The molecule has 0 bridgehead atoms. The Kier molecular flexibility index (Phi) is 6.37. The summed E-state index contributed by atoms with van der Waals surface area (Å²) in [5, 5.41) is 0. The van der Waals surface area contributed by atoms with Crippen molar-refractivity contribution in [2.75, 3.05) is 76.4 Å². The van der Waals surface area contributed by atoms with Gasteiger partial charge in [-0.2, -0.15) is 9.97 Å². The Morgan fingerprint density at radius 2 is 1.57 bits per heavy atom. The van der Waals surface area contributed by atoms with E-state index in [1.807, 2.05) is 6.07 Å². The fourth-order valence-corrected chi connectivity index (χ4v) is 4.44. The molecule has 12 heteroatoms. The Morgan fingerprint density at radius 3 is 2.20 bits per heavy atom. The van der Waals surface area contributed by atoms with E-state index in [4.69, 9.17) is 14.7 Å². The van der Waals surface area contributed by atoms with E-state index in [0.29, 0.717) is 75.2 Å². The number of carbonyl (C=O) groups is 1. The van der Waals surface area contributed by atoms with Crippen LogP contribution in [0.25, 0.3) is 17.0 Å². The molecular formula is C23H28F2N8O2. The van der Waals surface area contributed by atoms with Crippen molar-refractivity contribution in [3.63, 3.8) is 0 Å². The molecule has 2 saturated heterocycles. The van der Waals surface area contributed by atoms with Crippen LogP contribution >= 0.6 is 0 Å². The highest BCUT2D eigenvalue weighted by Gasteiger charge is 2.27. The molecule has 0 radical (unpaired) electrons. The first-order valence-electron chi connectivity index (χ1n) is 11.6. The number of imidazole rings is 1. The van der Waals surface area contributed by atoms with E-state index >= 15 is 0 Å². The second-order valence-electron chi connectivity index (χ2n) is 8.73. The number of alkyl halides is 2. The number of halogens is 2. The number of rotatable bonds is 4. The zero-order chi connectivity index (χ0) is 24.5. The summed E-state index contributed by atoms with van der Waals surface area (Å²) in [4.78, 5) is 33.4. The van der Waals surface area contributed by atoms with Gasteiger partial charge in [0.25, 0.3) is 6.43 Å². The number of nitrogens with zero attached hydrogens (tertiary/aromatic N) is 8. The normalized spacial score (nSPS) is 16.9. The number of urea groups is 1. The first-order valence-corrected chi connectivity index (χ1v) is 11.6. The van der Waals surface area contributed by atoms with Gasteiger partial charge >= 0.3 is 6.03 Å². The monoisotopic (exact) mass is 486 g/mol. The lowest BCUT2D eigenvalue weighted by Gasteiger charge is -2.37.